The maximum Gasteiger partial charge on any atom is 0.255 e. The molecule has 1 aromatic heterocycles. The molecule has 0 bridgehead atoms. The van der Waals surface area contributed by atoms with Gasteiger partial charge in [-0.3, -0.25) is 9.89 Å². The van der Waals surface area contributed by atoms with Crippen LogP contribution < -0.4 is 5.32 Å². The van der Waals surface area contributed by atoms with Gasteiger partial charge in [-0.05, 0) is 54.6 Å². The molecule has 0 saturated heterocycles. The number of aryl methyl sites for hydroxylation is 2. The average molecular weight is 376 g/mol. The van der Waals surface area contributed by atoms with E-state index in [-0.39, 0.29) is 5.91 Å². The smallest absolute Gasteiger partial charge is 0.255 e. The molecule has 0 unspecified atom stereocenters. The molecule has 18 heavy (non-hydrogen) atoms. The van der Waals surface area contributed by atoms with Crippen molar-refractivity contribution < 1.29 is 4.79 Å². The Balaban J connectivity index is 2.25. The summed E-state index contributed by atoms with van der Waals surface area (Å²) in [6.07, 6.45) is 0. The summed E-state index contributed by atoms with van der Waals surface area (Å²) in [5.74, 6) is -0.194. The zero-order valence-electron chi connectivity index (χ0n) is 9.84. The largest absolute Gasteiger partial charge is 0.319 e. The van der Waals surface area contributed by atoms with Gasteiger partial charge < -0.3 is 5.32 Å². The van der Waals surface area contributed by atoms with Gasteiger partial charge in [-0.15, -0.1) is 0 Å². The average Bonchev–Trinajstić information content (AvgIpc) is 2.64. The molecule has 2 N–H and O–H groups in total. The fraction of sp³-hybridized carbons (Fsp3) is 0.167. The number of anilines is 1. The first-order chi connectivity index (χ1) is 8.49. The highest BCUT2D eigenvalue weighted by Crippen LogP contribution is 2.21. The van der Waals surface area contributed by atoms with Gasteiger partial charge in [0.15, 0.2) is 0 Å². The molecule has 0 saturated carbocycles. The molecule has 0 aliphatic carbocycles. The first-order valence-electron chi connectivity index (χ1n) is 5.27. The minimum absolute atomic E-state index is 0.194. The van der Waals surface area contributed by atoms with Crippen molar-refractivity contribution in [2.24, 2.45) is 0 Å². The molecule has 4 nitrogen and oxygen atoms in total. The summed E-state index contributed by atoms with van der Waals surface area (Å²) in [5.41, 5.74) is 2.84. The lowest BCUT2D eigenvalue weighted by atomic mass is 10.2. The van der Waals surface area contributed by atoms with Crippen LogP contribution in [0.3, 0.4) is 0 Å². The van der Waals surface area contributed by atoms with Gasteiger partial charge >= 0.3 is 0 Å². The standard InChI is InChI=1S/C12H11ClIN3O/c1-6-11(7(2)17-16-6)15-12(18)8-3-4-10(14)9(13)5-8/h3-5H,1-2H3,(H,15,18)(H,16,17). The molecule has 0 atom stereocenters. The highest BCUT2D eigenvalue weighted by molar-refractivity contribution is 14.1. The second-order valence-corrected chi connectivity index (χ2v) is 5.46. The van der Waals surface area contributed by atoms with E-state index in [1.807, 2.05) is 19.9 Å². The molecule has 2 rings (SSSR count). The number of nitrogens with one attached hydrogen (secondary N) is 2. The number of aromatic amines is 1. The Morgan fingerprint density at radius 1 is 1.44 bits per heavy atom. The highest BCUT2D eigenvalue weighted by atomic mass is 127. The van der Waals surface area contributed by atoms with Crippen LogP contribution in [0.1, 0.15) is 21.7 Å². The maximum atomic E-state index is 12.1. The van der Waals surface area contributed by atoms with E-state index in [1.165, 1.54) is 0 Å². The van der Waals surface area contributed by atoms with Gasteiger partial charge in [-0.25, -0.2) is 0 Å². The Hall–Kier alpha value is -1.08. The topological polar surface area (TPSA) is 57.8 Å². The predicted molar refractivity (Wildman–Crippen MR) is 80.2 cm³/mol. The van der Waals surface area contributed by atoms with E-state index in [4.69, 9.17) is 11.6 Å². The van der Waals surface area contributed by atoms with Gasteiger partial charge in [0.2, 0.25) is 0 Å². The zero-order valence-corrected chi connectivity index (χ0v) is 12.8. The van der Waals surface area contributed by atoms with Crippen LogP contribution in [0, 0.1) is 17.4 Å². The number of hydrogen-bond acceptors (Lipinski definition) is 2. The van der Waals surface area contributed by atoms with E-state index >= 15 is 0 Å². The number of rotatable bonds is 2. The Morgan fingerprint density at radius 2 is 2.17 bits per heavy atom. The van der Waals surface area contributed by atoms with Crippen molar-refractivity contribution in [2.75, 3.05) is 5.32 Å². The fourth-order valence-electron chi connectivity index (χ4n) is 1.56. The number of carbonyl (C=O) groups is 1. The van der Waals surface area contributed by atoms with Crippen LogP contribution in [0.4, 0.5) is 5.69 Å². The third kappa shape index (κ3) is 2.67. The van der Waals surface area contributed by atoms with Gasteiger partial charge in [-0.1, -0.05) is 11.6 Å². The van der Waals surface area contributed by atoms with Crippen molar-refractivity contribution in [2.45, 2.75) is 13.8 Å². The van der Waals surface area contributed by atoms with E-state index < -0.39 is 0 Å². The number of hydrogen-bond donors (Lipinski definition) is 2. The molecule has 0 radical (unpaired) electrons. The lowest BCUT2D eigenvalue weighted by Crippen LogP contribution is -2.13. The molecular weight excluding hydrogens is 365 g/mol. The predicted octanol–water partition coefficient (Wildman–Crippen LogP) is 3.54. The third-order valence-corrected chi connectivity index (χ3v) is 4.12. The number of amides is 1. The summed E-state index contributed by atoms with van der Waals surface area (Å²) in [7, 11) is 0. The zero-order chi connectivity index (χ0) is 13.3. The van der Waals surface area contributed by atoms with Crippen molar-refractivity contribution >= 4 is 45.8 Å². The minimum Gasteiger partial charge on any atom is -0.319 e. The minimum atomic E-state index is -0.194. The molecule has 94 valence electrons. The fourth-order valence-corrected chi connectivity index (χ4v) is 2.07. The second kappa shape index (κ2) is 5.27. The molecule has 2 aromatic rings. The molecule has 1 aromatic carbocycles. The van der Waals surface area contributed by atoms with E-state index in [2.05, 4.69) is 38.1 Å². The molecular formula is C12H11ClIN3O. The molecule has 0 aliphatic heterocycles. The lowest BCUT2D eigenvalue weighted by molar-refractivity contribution is 0.102. The van der Waals surface area contributed by atoms with Crippen molar-refractivity contribution in [1.82, 2.24) is 10.2 Å². The summed E-state index contributed by atoms with van der Waals surface area (Å²) in [6, 6.07) is 5.21. The van der Waals surface area contributed by atoms with Crippen molar-refractivity contribution in [1.29, 1.82) is 0 Å². The SMILES string of the molecule is Cc1n[nH]c(C)c1NC(=O)c1ccc(I)c(Cl)c1. The first-order valence-corrected chi connectivity index (χ1v) is 6.72. The molecule has 1 heterocycles. The number of carbonyl (C=O) groups excluding carboxylic acids is 1. The molecule has 1 amide bonds. The molecule has 0 spiro atoms. The molecule has 0 aliphatic rings. The maximum absolute atomic E-state index is 12.1. The van der Waals surface area contributed by atoms with E-state index in [0.717, 1.165) is 20.6 Å². The number of benzene rings is 1. The summed E-state index contributed by atoms with van der Waals surface area (Å²) in [4.78, 5) is 12.1. The molecule has 6 heteroatoms. The first kappa shape index (κ1) is 13.4. The van der Waals surface area contributed by atoms with Crippen molar-refractivity contribution in [3.63, 3.8) is 0 Å². The van der Waals surface area contributed by atoms with Crippen LogP contribution in [-0.2, 0) is 0 Å². The van der Waals surface area contributed by atoms with Gasteiger partial charge in [0, 0.05) is 9.13 Å². The number of halogens is 2. The van der Waals surface area contributed by atoms with Crippen molar-refractivity contribution in [3.8, 4) is 0 Å². The number of nitrogens with zero attached hydrogens (tertiary/aromatic N) is 1. The van der Waals surface area contributed by atoms with Crippen LogP contribution >= 0.6 is 34.2 Å². The summed E-state index contributed by atoms with van der Waals surface area (Å²) >= 11 is 8.12. The van der Waals surface area contributed by atoms with Gasteiger partial charge in [-0.2, -0.15) is 5.10 Å². The van der Waals surface area contributed by atoms with E-state index in [1.54, 1.807) is 12.1 Å². The highest BCUT2D eigenvalue weighted by Gasteiger charge is 2.12. The molecule has 0 fully saturated rings. The Kier molecular flexibility index (Phi) is 3.91. The normalized spacial score (nSPS) is 10.4. The van der Waals surface area contributed by atoms with Crippen LogP contribution in [0.15, 0.2) is 18.2 Å². The third-order valence-electron chi connectivity index (χ3n) is 2.55. The van der Waals surface area contributed by atoms with E-state index in [0.29, 0.717) is 10.6 Å². The number of aromatic nitrogens is 2. The van der Waals surface area contributed by atoms with Crippen LogP contribution in [0.25, 0.3) is 0 Å². The van der Waals surface area contributed by atoms with Crippen LogP contribution in [0.2, 0.25) is 5.02 Å². The van der Waals surface area contributed by atoms with Crippen molar-refractivity contribution in [3.05, 3.63) is 43.7 Å². The lowest BCUT2D eigenvalue weighted by Gasteiger charge is -2.06. The number of H-pyrrole nitrogens is 1. The van der Waals surface area contributed by atoms with Gasteiger partial charge in [0.1, 0.15) is 0 Å². The summed E-state index contributed by atoms with van der Waals surface area (Å²) in [6.45, 7) is 3.69. The van der Waals surface area contributed by atoms with Gasteiger partial charge in [0.05, 0.1) is 22.1 Å². The quantitative estimate of drug-likeness (QED) is 0.789. The van der Waals surface area contributed by atoms with Crippen LogP contribution in [-0.4, -0.2) is 16.1 Å². The Bertz CT molecular complexity index is 590. The summed E-state index contributed by atoms with van der Waals surface area (Å²) < 4.78 is 0.918. The summed E-state index contributed by atoms with van der Waals surface area (Å²) in [5, 5.41) is 10.3. The van der Waals surface area contributed by atoms with Gasteiger partial charge in [0.25, 0.3) is 5.91 Å². The van der Waals surface area contributed by atoms with E-state index in [9.17, 15) is 4.79 Å². The Morgan fingerprint density at radius 3 is 2.72 bits per heavy atom. The Labute approximate surface area is 123 Å². The monoisotopic (exact) mass is 375 g/mol. The second-order valence-electron chi connectivity index (χ2n) is 3.89. The van der Waals surface area contributed by atoms with Crippen LogP contribution in [0.5, 0.6) is 0 Å².